The van der Waals surface area contributed by atoms with Crippen molar-refractivity contribution in [2.75, 3.05) is 5.73 Å². The molecule has 0 unspecified atom stereocenters. The lowest BCUT2D eigenvalue weighted by Crippen LogP contribution is -1.85. The van der Waals surface area contributed by atoms with E-state index in [1.807, 2.05) is 6.92 Å². The van der Waals surface area contributed by atoms with E-state index < -0.39 is 0 Å². The summed E-state index contributed by atoms with van der Waals surface area (Å²) in [6.45, 7) is 1.86. The van der Waals surface area contributed by atoms with Crippen LogP contribution >= 0.6 is 0 Å². The smallest absolute Gasteiger partial charge is 0.200 e. The van der Waals surface area contributed by atoms with Crippen LogP contribution in [0.1, 0.15) is 5.82 Å². The highest BCUT2D eigenvalue weighted by atomic mass is 15.4. The van der Waals surface area contributed by atoms with Gasteiger partial charge < -0.3 is 5.73 Å². The van der Waals surface area contributed by atoms with Gasteiger partial charge in [-0.05, 0) is 6.92 Å². The SMILES string of the molecule is Cc1nnc2c(N)c[nH]n12. The predicted octanol–water partition coefficient (Wildman–Crippen LogP) is -0.0520. The number of nitrogen functional groups attached to an aromatic ring is 1. The zero-order valence-electron chi connectivity index (χ0n) is 5.50. The van der Waals surface area contributed by atoms with Crippen LogP contribution in [-0.4, -0.2) is 19.8 Å². The Balaban J connectivity index is 2.95. The van der Waals surface area contributed by atoms with Crippen LogP contribution in [0.4, 0.5) is 5.69 Å². The molecule has 0 fully saturated rings. The molecule has 0 aliphatic carbocycles. The van der Waals surface area contributed by atoms with Crippen molar-refractivity contribution in [1.82, 2.24) is 19.8 Å². The molecule has 2 heterocycles. The van der Waals surface area contributed by atoms with E-state index in [1.165, 1.54) is 0 Å². The molecule has 0 saturated carbocycles. The zero-order valence-corrected chi connectivity index (χ0v) is 5.50. The van der Waals surface area contributed by atoms with Crippen molar-refractivity contribution in [3.63, 3.8) is 0 Å². The van der Waals surface area contributed by atoms with Gasteiger partial charge in [-0.15, -0.1) is 10.2 Å². The van der Waals surface area contributed by atoms with E-state index in [2.05, 4.69) is 15.3 Å². The summed E-state index contributed by atoms with van der Waals surface area (Å²) in [4.78, 5) is 0. The molecule has 0 radical (unpaired) electrons. The first-order valence-corrected chi connectivity index (χ1v) is 2.93. The van der Waals surface area contributed by atoms with Gasteiger partial charge in [0.2, 0.25) is 0 Å². The van der Waals surface area contributed by atoms with Crippen LogP contribution in [0.15, 0.2) is 6.20 Å². The van der Waals surface area contributed by atoms with E-state index in [0.717, 1.165) is 5.82 Å². The number of fused-ring (bicyclic) bond motifs is 1. The van der Waals surface area contributed by atoms with Crippen molar-refractivity contribution in [2.45, 2.75) is 6.92 Å². The van der Waals surface area contributed by atoms with Crippen LogP contribution in [-0.2, 0) is 0 Å². The largest absolute Gasteiger partial charge is 0.394 e. The highest BCUT2D eigenvalue weighted by molar-refractivity contribution is 5.62. The maximum atomic E-state index is 5.53. The minimum absolute atomic E-state index is 0.626. The number of anilines is 1. The van der Waals surface area contributed by atoms with Crippen LogP contribution in [0.5, 0.6) is 0 Å². The summed E-state index contributed by atoms with van der Waals surface area (Å²) in [5.74, 6) is 0.812. The lowest BCUT2D eigenvalue weighted by Gasteiger charge is -1.81. The van der Waals surface area contributed by atoms with Crippen LogP contribution in [0, 0.1) is 6.92 Å². The average molecular weight is 137 g/mol. The topological polar surface area (TPSA) is 72.0 Å². The van der Waals surface area contributed by atoms with Gasteiger partial charge in [-0.2, -0.15) is 0 Å². The van der Waals surface area contributed by atoms with Crippen LogP contribution in [0.2, 0.25) is 0 Å². The number of rotatable bonds is 0. The van der Waals surface area contributed by atoms with Crippen LogP contribution in [0.25, 0.3) is 5.65 Å². The molecule has 0 aliphatic heterocycles. The van der Waals surface area contributed by atoms with Gasteiger partial charge in [-0.25, -0.2) is 4.52 Å². The summed E-state index contributed by atoms with van der Waals surface area (Å²) in [6, 6.07) is 0. The molecular weight excluding hydrogens is 130 g/mol. The number of aromatic nitrogens is 4. The Bertz CT molecular complexity index is 321. The highest BCUT2D eigenvalue weighted by Crippen LogP contribution is 2.08. The highest BCUT2D eigenvalue weighted by Gasteiger charge is 2.03. The second-order valence-electron chi connectivity index (χ2n) is 2.14. The van der Waals surface area contributed by atoms with Gasteiger partial charge in [-0.1, -0.05) is 0 Å². The van der Waals surface area contributed by atoms with Crippen molar-refractivity contribution < 1.29 is 0 Å². The molecule has 3 N–H and O–H groups in total. The Morgan fingerprint density at radius 1 is 1.60 bits per heavy atom. The molecule has 0 aliphatic rings. The third-order valence-electron chi connectivity index (χ3n) is 1.43. The molecule has 5 heteroatoms. The van der Waals surface area contributed by atoms with Gasteiger partial charge in [0.25, 0.3) is 0 Å². The molecule has 0 spiro atoms. The summed E-state index contributed by atoms with van der Waals surface area (Å²) in [5, 5.41) is 10.6. The van der Waals surface area contributed by atoms with Gasteiger partial charge in [0.05, 0.1) is 5.69 Å². The fourth-order valence-corrected chi connectivity index (χ4v) is 0.902. The van der Waals surface area contributed by atoms with E-state index in [4.69, 9.17) is 5.73 Å². The number of H-pyrrole nitrogens is 1. The first-order valence-electron chi connectivity index (χ1n) is 2.93. The van der Waals surface area contributed by atoms with E-state index in [1.54, 1.807) is 10.7 Å². The van der Waals surface area contributed by atoms with Crippen molar-refractivity contribution in [1.29, 1.82) is 0 Å². The first-order chi connectivity index (χ1) is 4.79. The number of hydrogen-bond acceptors (Lipinski definition) is 3. The summed E-state index contributed by atoms with van der Waals surface area (Å²) < 4.78 is 1.73. The molecule has 0 saturated heterocycles. The third kappa shape index (κ3) is 0.464. The van der Waals surface area contributed by atoms with Crippen molar-refractivity contribution in [2.24, 2.45) is 0 Å². The summed E-state index contributed by atoms with van der Waals surface area (Å²) in [5.41, 5.74) is 6.85. The van der Waals surface area contributed by atoms with Gasteiger partial charge in [0, 0.05) is 6.20 Å². The molecule has 2 rings (SSSR count). The summed E-state index contributed by atoms with van der Waals surface area (Å²) in [6.07, 6.45) is 1.69. The number of nitrogens with one attached hydrogen (secondary N) is 1. The second-order valence-corrected chi connectivity index (χ2v) is 2.14. The van der Waals surface area contributed by atoms with E-state index in [-0.39, 0.29) is 0 Å². The van der Waals surface area contributed by atoms with E-state index >= 15 is 0 Å². The fraction of sp³-hybridized carbons (Fsp3) is 0.200. The molecule has 52 valence electrons. The standard InChI is InChI=1S/C5H7N5/c1-3-8-9-5-4(6)2-7-10(3)5/h2,7H,6H2,1H3. The number of aryl methyl sites for hydroxylation is 1. The minimum atomic E-state index is 0.626. The molecule has 2 aromatic heterocycles. The van der Waals surface area contributed by atoms with Crippen LogP contribution < -0.4 is 5.73 Å². The Kier molecular flexibility index (Phi) is 0.791. The normalized spacial score (nSPS) is 10.9. The lowest BCUT2D eigenvalue weighted by molar-refractivity contribution is 0.894. The van der Waals surface area contributed by atoms with Crippen molar-refractivity contribution >= 4 is 11.3 Å². The van der Waals surface area contributed by atoms with Gasteiger partial charge in [-0.3, -0.25) is 5.10 Å². The number of aromatic amines is 1. The quantitative estimate of drug-likeness (QED) is 0.534. The number of nitrogens with zero attached hydrogens (tertiary/aromatic N) is 3. The number of hydrogen-bond donors (Lipinski definition) is 2. The first kappa shape index (κ1) is 5.28. The maximum absolute atomic E-state index is 5.53. The minimum Gasteiger partial charge on any atom is -0.394 e. The summed E-state index contributed by atoms with van der Waals surface area (Å²) in [7, 11) is 0. The van der Waals surface area contributed by atoms with Gasteiger partial charge in [0.15, 0.2) is 5.65 Å². The Hall–Kier alpha value is -1.52. The zero-order chi connectivity index (χ0) is 7.14. The molecule has 10 heavy (non-hydrogen) atoms. The molecule has 5 nitrogen and oxygen atoms in total. The fourth-order valence-electron chi connectivity index (χ4n) is 0.902. The Morgan fingerprint density at radius 3 is 3.10 bits per heavy atom. The Morgan fingerprint density at radius 2 is 2.40 bits per heavy atom. The summed E-state index contributed by atoms with van der Waals surface area (Å²) >= 11 is 0. The molecule has 0 aromatic carbocycles. The number of nitrogens with two attached hydrogens (primary N) is 1. The Labute approximate surface area is 56.8 Å². The van der Waals surface area contributed by atoms with Gasteiger partial charge in [0.1, 0.15) is 5.82 Å². The maximum Gasteiger partial charge on any atom is 0.200 e. The van der Waals surface area contributed by atoms with Crippen molar-refractivity contribution in [3.05, 3.63) is 12.0 Å². The molecule has 0 atom stereocenters. The third-order valence-corrected chi connectivity index (χ3v) is 1.43. The van der Waals surface area contributed by atoms with Crippen LogP contribution in [0.3, 0.4) is 0 Å². The molecular formula is C5H7N5. The molecule has 0 amide bonds. The monoisotopic (exact) mass is 137 g/mol. The van der Waals surface area contributed by atoms with E-state index in [9.17, 15) is 0 Å². The lowest BCUT2D eigenvalue weighted by atomic mass is 10.6. The second kappa shape index (κ2) is 1.50. The predicted molar refractivity (Wildman–Crippen MR) is 36.5 cm³/mol. The van der Waals surface area contributed by atoms with E-state index in [0.29, 0.717) is 11.3 Å². The van der Waals surface area contributed by atoms with Crippen molar-refractivity contribution in [3.8, 4) is 0 Å². The molecule has 0 bridgehead atoms. The molecule has 2 aromatic rings. The van der Waals surface area contributed by atoms with Gasteiger partial charge >= 0.3 is 0 Å². The average Bonchev–Trinajstić information content (AvgIpc) is 2.41.